The monoisotopic (exact) mass is 605 g/mol. The van der Waals surface area contributed by atoms with Crippen molar-refractivity contribution in [2.45, 2.75) is 23.1 Å². The van der Waals surface area contributed by atoms with Crippen molar-refractivity contribution >= 4 is 56.8 Å². The van der Waals surface area contributed by atoms with Crippen LogP contribution in [-0.4, -0.2) is 33.6 Å². The SMILES string of the molecule is CCOc1ccc(C2C(C(=O)C=Cc3ccccc3)=C(O)C(=O)N2c2nnc(SCc3cccc4ccccc34)s2)cc1. The Labute approximate surface area is 257 Å². The normalized spacial score (nSPS) is 15.1. The van der Waals surface area contributed by atoms with Crippen molar-refractivity contribution in [3.05, 3.63) is 131 Å². The van der Waals surface area contributed by atoms with Gasteiger partial charge in [0.1, 0.15) is 5.75 Å². The van der Waals surface area contributed by atoms with Crippen molar-refractivity contribution < 1.29 is 19.4 Å². The molecule has 0 saturated heterocycles. The highest BCUT2D eigenvalue weighted by Gasteiger charge is 2.45. The van der Waals surface area contributed by atoms with Gasteiger partial charge in [-0.1, -0.05) is 114 Å². The van der Waals surface area contributed by atoms with Gasteiger partial charge in [0.15, 0.2) is 15.9 Å². The van der Waals surface area contributed by atoms with Gasteiger partial charge < -0.3 is 9.84 Å². The maximum absolute atomic E-state index is 13.5. The zero-order valence-electron chi connectivity index (χ0n) is 23.2. The van der Waals surface area contributed by atoms with Crippen LogP contribution in [0.15, 0.2) is 119 Å². The average molecular weight is 606 g/mol. The Balaban J connectivity index is 1.31. The first-order chi connectivity index (χ1) is 21.0. The lowest BCUT2D eigenvalue weighted by Gasteiger charge is -2.24. The van der Waals surface area contributed by atoms with Crippen LogP contribution in [0.2, 0.25) is 0 Å². The van der Waals surface area contributed by atoms with Crippen LogP contribution in [0.1, 0.15) is 29.7 Å². The lowest BCUT2D eigenvalue weighted by atomic mass is 9.95. The third kappa shape index (κ3) is 5.95. The number of benzene rings is 4. The number of ether oxygens (including phenoxy) is 1. The summed E-state index contributed by atoms with van der Waals surface area (Å²) in [5.74, 6) is -0.427. The van der Waals surface area contributed by atoms with Crippen molar-refractivity contribution in [1.82, 2.24) is 10.2 Å². The van der Waals surface area contributed by atoms with Gasteiger partial charge in [-0.2, -0.15) is 0 Å². The van der Waals surface area contributed by atoms with E-state index in [9.17, 15) is 14.7 Å². The molecule has 0 aliphatic carbocycles. The van der Waals surface area contributed by atoms with Crippen LogP contribution >= 0.6 is 23.1 Å². The molecular weight excluding hydrogens is 579 g/mol. The Morgan fingerprint density at radius 2 is 1.72 bits per heavy atom. The molecule has 1 atom stereocenters. The first kappa shape index (κ1) is 28.4. The number of allylic oxidation sites excluding steroid dienone is 1. The highest BCUT2D eigenvalue weighted by atomic mass is 32.2. The first-order valence-electron chi connectivity index (χ1n) is 13.7. The Bertz CT molecular complexity index is 1840. The minimum absolute atomic E-state index is 0.0125. The van der Waals surface area contributed by atoms with E-state index in [1.807, 2.05) is 55.5 Å². The molecule has 0 radical (unpaired) electrons. The zero-order valence-corrected chi connectivity index (χ0v) is 24.8. The molecule has 5 aromatic rings. The molecule has 1 amide bonds. The Morgan fingerprint density at radius 3 is 2.51 bits per heavy atom. The molecule has 0 saturated carbocycles. The number of hydrogen-bond donors (Lipinski definition) is 1. The molecule has 1 N–H and O–H groups in total. The number of amides is 1. The van der Waals surface area contributed by atoms with Gasteiger partial charge in [-0.15, -0.1) is 10.2 Å². The molecular formula is C34H27N3O4S2. The number of ketones is 1. The van der Waals surface area contributed by atoms with Crippen LogP contribution in [0.4, 0.5) is 5.13 Å². The largest absolute Gasteiger partial charge is 0.503 e. The fourth-order valence-electron chi connectivity index (χ4n) is 5.02. The molecule has 7 nitrogen and oxygen atoms in total. The number of nitrogens with zero attached hydrogens (tertiary/aromatic N) is 3. The standard InChI is InChI=1S/C34H27N3O4S2/c1-2-41-26-18-16-24(17-19-26)30-29(28(38)20-15-22-9-4-3-5-10-22)31(39)32(40)37(30)33-35-36-34(43-33)42-21-25-13-8-12-23-11-6-7-14-27(23)25/h3-20,30,39H,2,21H2,1H3. The highest BCUT2D eigenvalue weighted by molar-refractivity contribution is 8.00. The fraction of sp³-hybridized carbons (Fsp3) is 0.118. The van der Waals surface area contributed by atoms with Crippen LogP contribution in [-0.2, 0) is 15.3 Å². The van der Waals surface area contributed by atoms with Crippen molar-refractivity contribution in [3.63, 3.8) is 0 Å². The highest BCUT2D eigenvalue weighted by Crippen LogP contribution is 2.43. The van der Waals surface area contributed by atoms with Gasteiger partial charge in [0.25, 0.3) is 5.91 Å². The second-order valence-corrected chi connectivity index (χ2v) is 11.9. The summed E-state index contributed by atoms with van der Waals surface area (Å²) in [5.41, 5.74) is 2.62. The van der Waals surface area contributed by atoms with Crippen molar-refractivity contribution in [1.29, 1.82) is 0 Å². The summed E-state index contributed by atoms with van der Waals surface area (Å²) < 4.78 is 6.26. The van der Waals surface area contributed by atoms with Gasteiger partial charge in [0.2, 0.25) is 5.13 Å². The van der Waals surface area contributed by atoms with Gasteiger partial charge in [-0.05, 0) is 52.6 Å². The number of carbonyl (C=O) groups is 2. The molecule has 0 fully saturated rings. The number of hydrogen-bond acceptors (Lipinski definition) is 8. The van der Waals surface area contributed by atoms with E-state index in [1.165, 1.54) is 50.4 Å². The number of thioether (sulfide) groups is 1. The van der Waals surface area contributed by atoms with Gasteiger partial charge >= 0.3 is 0 Å². The van der Waals surface area contributed by atoms with Gasteiger partial charge in [-0.3, -0.25) is 14.5 Å². The first-order valence-corrected chi connectivity index (χ1v) is 15.5. The lowest BCUT2D eigenvalue weighted by Crippen LogP contribution is -2.30. The lowest BCUT2D eigenvalue weighted by molar-refractivity contribution is -0.117. The summed E-state index contributed by atoms with van der Waals surface area (Å²) in [6.45, 7) is 2.40. The topological polar surface area (TPSA) is 92.6 Å². The molecule has 6 rings (SSSR count). The van der Waals surface area contributed by atoms with E-state index < -0.39 is 23.5 Å². The minimum Gasteiger partial charge on any atom is -0.503 e. The number of aliphatic hydroxyl groups excluding tert-OH is 1. The van der Waals surface area contributed by atoms with E-state index in [0.29, 0.717) is 33.1 Å². The summed E-state index contributed by atoms with van der Waals surface area (Å²) in [4.78, 5) is 28.4. The molecule has 0 spiro atoms. The third-order valence-corrected chi connectivity index (χ3v) is 9.14. The van der Waals surface area contributed by atoms with E-state index in [-0.39, 0.29) is 5.57 Å². The molecule has 1 aliphatic rings. The molecule has 2 heterocycles. The van der Waals surface area contributed by atoms with Crippen molar-refractivity contribution in [3.8, 4) is 5.75 Å². The summed E-state index contributed by atoms with van der Waals surface area (Å²) in [5, 5.41) is 22.4. The summed E-state index contributed by atoms with van der Waals surface area (Å²) in [6, 6.07) is 30.1. The molecule has 43 heavy (non-hydrogen) atoms. The molecule has 0 bridgehead atoms. The minimum atomic E-state index is -0.889. The maximum atomic E-state index is 13.5. The summed E-state index contributed by atoms with van der Waals surface area (Å²) >= 11 is 2.77. The fourth-order valence-corrected chi connectivity index (χ4v) is 6.90. The molecule has 1 aromatic heterocycles. The molecule has 4 aromatic carbocycles. The van der Waals surface area contributed by atoms with Gasteiger partial charge in [0.05, 0.1) is 18.2 Å². The van der Waals surface area contributed by atoms with Crippen LogP contribution in [0.3, 0.4) is 0 Å². The summed E-state index contributed by atoms with van der Waals surface area (Å²) in [7, 11) is 0. The van der Waals surface area contributed by atoms with Gasteiger partial charge in [0, 0.05) is 5.75 Å². The third-order valence-electron chi connectivity index (χ3n) is 7.04. The van der Waals surface area contributed by atoms with Crippen LogP contribution in [0.25, 0.3) is 16.8 Å². The molecule has 214 valence electrons. The Morgan fingerprint density at radius 1 is 0.977 bits per heavy atom. The van der Waals surface area contributed by atoms with E-state index in [2.05, 4.69) is 34.5 Å². The molecule has 1 aliphatic heterocycles. The zero-order chi connectivity index (χ0) is 29.8. The predicted octanol–water partition coefficient (Wildman–Crippen LogP) is 7.56. The van der Waals surface area contributed by atoms with Crippen LogP contribution in [0.5, 0.6) is 5.75 Å². The quantitative estimate of drug-likeness (QED) is 0.0997. The second kappa shape index (κ2) is 12.6. The molecule has 1 unspecified atom stereocenters. The van der Waals surface area contributed by atoms with E-state index in [4.69, 9.17) is 4.74 Å². The van der Waals surface area contributed by atoms with Gasteiger partial charge in [-0.25, -0.2) is 0 Å². The van der Waals surface area contributed by atoms with Crippen molar-refractivity contribution in [2.75, 3.05) is 11.5 Å². The Kier molecular flexibility index (Phi) is 8.35. The molecule has 9 heteroatoms. The van der Waals surface area contributed by atoms with E-state index in [0.717, 1.165) is 5.56 Å². The maximum Gasteiger partial charge on any atom is 0.296 e. The Hall–Kier alpha value is -4.73. The average Bonchev–Trinajstić information content (AvgIpc) is 3.61. The number of aromatic nitrogens is 2. The number of carbonyl (C=O) groups excluding carboxylic acids is 2. The van der Waals surface area contributed by atoms with E-state index in [1.54, 1.807) is 30.3 Å². The number of aliphatic hydroxyl groups is 1. The van der Waals surface area contributed by atoms with Crippen molar-refractivity contribution in [2.24, 2.45) is 0 Å². The van der Waals surface area contributed by atoms with E-state index >= 15 is 0 Å². The smallest absolute Gasteiger partial charge is 0.296 e. The van der Waals surface area contributed by atoms with Crippen LogP contribution in [0, 0.1) is 0 Å². The second-order valence-electron chi connectivity index (χ2n) is 9.73. The number of rotatable bonds is 10. The summed E-state index contributed by atoms with van der Waals surface area (Å²) in [6.07, 6.45) is 3.04. The van der Waals surface area contributed by atoms with Crippen LogP contribution < -0.4 is 9.64 Å². The number of fused-ring (bicyclic) bond motifs is 1. The predicted molar refractivity (Wildman–Crippen MR) is 171 cm³/mol. The number of anilines is 1.